The van der Waals surface area contributed by atoms with Crippen molar-refractivity contribution in [1.82, 2.24) is 14.4 Å². The highest BCUT2D eigenvalue weighted by Crippen LogP contribution is 2.21. The highest BCUT2D eigenvalue weighted by molar-refractivity contribution is 9.10. The van der Waals surface area contributed by atoms with Crippen molar-refractivity contribution in [3.8, 4) is 0 Å². The summed E-state index contributed by atoms with van der Waals surface area (Å²) >= 11 is 9.46. The third-order valence-corrected chi connectivity index (χ3v) is 3.51. The van der Waals surface area contributed by atoms with Gasteiger partial charge in [0.05, 0.1) is 35.3 Å². The molecule has 6 heteroatoms. The molecule has 0 saturated carbocycles. The van der Waals surface area contributed by atoms with Crippen LogP contribution in [0.15, 0.2) is 47.5 Å². The number of halogens is 2. The number of hydrogen-bond donors (Lipinski definition) is 1. The molecule has 0 fully saturated rings. The van der Waals surface area contributed by atoms with Crippen molar-refractivity contribution in [1.29, 1.82) is 0 Å². The summed E-state index contributed by atoms with van der Waals surface area (Å²) in [7, 11) is 0. The Morgan fingerprint density at radius 2 is 2.05 bits per heavy atom. The Morgan fingerprint density at radius 3 is 2.89 bits per heavy atom. The van der Waals surface area contributed by atoms with Crippen LogP contribution >= 0.6 is 27.5 Å². The van der Waals surface area contributed by atoms with Crippen LogP contribution in [0.4, 0.5) is 5.69 Å². The Hall–Kier alpha value is -1.59. The lowest BCUT2D eigenvalue weighted by Gasteiger charge is -2.07. The first-order chi connectivity index (χ1) is 9.24. The normalized spacial score (nSPS) is 10.8. The van der Waals surface area contributed by atoms with Gasteiger partial charge < -0.3 is 5.32 Å². The van der Waals surface area contributed by atoms with Crippen LogP contribution in [0.3, 0.4) is 0 Å². The molecule has 4 nitrogen and oxygen atoms in total. The smallest absolute Gasteiger partial charge is 0.155 e. The van der Waals surface area contributed by atoms with E-state index in [0.29, 0.717) is 11.6 Å². The summed E-state index contributed by atoms with van der Waals surface area (Å²) in [5.74, 6) is 0. The number of nitrogens with one attached hydrogen (secondary N) is 1. The molecule has 0 amide bonds. The predicted octanol–water partition coefficient (Wildman–Crippen LogP) is 3.76. The zero-order valence-corrected chi connectivity index (χ0v) is 12.2. The Balaban J connectivity index is 1.86. The van der Waals surface area contributed by atoms with E-state index in [1.807, 2.05) is 41.1 Å². The fraction of sp³-hybridized carbons (Fsp3) is 0.0769. The van der Waals surface area contributed by atoms with E-state index in [1.165, 1.54) is 0 Å². The SMILES string of the molecule is Clc1ccccc1NCc1cnc2cnc(Br)cn12. The number of hydrogen-bond acceptors (Lipinski definition) is 3. The molecule has 0 unspecified atom stereocenters. The van der Waals surface area contributed by atoms with Crippen molar-refractivity contribution in [2.45, 2.75) is 6.54 Å². The molecule has 3 rings (SSSR count). The Kier molecular flexibility index (Phi) is 3.40. The van der Waals surface area contributed by atoms with E-state index in [1.54, 1.807) is 6.20 Å². The first kappa shape index (κ1) is 12.4. The minimum Gasteiger partial charge on any atom is -0.378 e. The number of para-hydroxylation sites is 1. The summed E-state index contributed by atoms with van der Waals surface area (Å²) in [6, 6.07) is 7.66. The standard InChI is InChI=1S/C13H10BrClN4/c14-12-8-19-9(6-18-13(19)7-17-12)5-16-11-4-2-1-3-10(11)15/h1-4,6-8,16H,5H2. The molecule has 0 aliphatic heterocycles. The molecule has 0 aliphatic rings. The van der Waals surface area contributed by atoms with Gasteiger partial charge >= 0.3 is 0 Å². The van der Waals surface area contributed by atoms with E-state index < -0.39 is 0 Å². The maximum Gasteiger partial charge on any atom is 0.155 e. The van der Waals surface area contributed by atoms with E-state index in [4.69, 9.17) is 11.6 Å². The number of anilines is 1. The van der Waals surface area contributed by atoms with Gasteiger partial charge in [0.15, 0.2) is 5.65 Å². The average Bonchev–Trinajstić information content (AvgIpc) is 2.80. The van der Waals surface area contributed by atoms with Crippen LogP contribution in [0, 0.1) is 0 Å². The molecule has 0 radical (unpaired) electrons. The van der Waals surface area contributed by atoms with Crippen LogP contribution in [-0.2, 0) is 6.54 Å². The zero-order chi connectivity index (χ0) is 13.2. The van der Waals surface area contributed by atoms with Gasteiger partial charge in [-0.2, -0.15) is 0 Å². The van der Waals surface area contributed by atoms with Crippen LogP contribution in [0.25, 0.3) is 5.65 Å². The number of aromatic nitrogens is 3. The molecule has 96 valence electrons. The lowest BCUT2D eigenvalue weighted by Crippen LogP contribution is -2.03. The van der Waals surface area contributed by atoms with Gasteiger partial charge in [0.1, 0.15) is 4.60 Å². The minimum atomic E-state index is 0.640. The van der Waals surface area contributed by atoms with E-state index in [2.05, 4.69) is 31.2 Å². The van der Waals surface area contributed by atoms with Crippen molar-refractivity contribution in [2.24, 2.45) is 0 Å². The molecule has 1 aromatic carbocycles. The fourth-order valence-corrected chi connectivity index (χ4v) is 2.35. The Bertz CT molecular complexity index is 725. The fourth-order valence-electron chi connectivity index (χ4n) is 1.84. The van der Waals surface area contributed by atoms with E-state index >= 15 is 0 Å². The van der Waals surface area contributed by atoms with E-state index in [-0.39, 0.29) is 0 Å². The number of benzene rings is 1. The average molecular weight is 338 g/mol. The predicted molar refractivity (Wildman–Crippen MR) is 79.5 cm³/mol. The van der Waals surface area contributed by atoms with Crippen LogP contribution in [-0.4, -0.2) is 14.4 Å². The molecule has 2 heterocycles. The summed E-state index contributed by atoms with van der Waals surface area (Å²) in [5.41, 5.74) is 2.77. The third kappa shape index (κ3) is 2.57. The summed E-state index contributed by atoms with van der Waals surface area (Å²) in [6.07, 6.45) is 5.45. The number of imidazole rings is 1. The Labute approximate surface area is 123 Å². The molecule has 1 N–H and O–H groups in total. The first-order valence-electron chi connectivity index (χ1n) is 5.70. The molecular weight excluding hydrogens is 328 g/mol. The van der Waals surface area contributed by atoms with Crippen molar-refractivity contribution in [2.75, 3.05) is 5.32 Å². The topological polar surface area (TPSA) is 42.2 Å². The second-order valence-corrected chi connectivity index (χ2v) is 5.24. The highest BCUT2D eigenvalue weighted by atomic mass is 79.9. The van der Waals surface area contributed by atoms with Gasteiger partial charge in [-0.3, -0.25) is 4.40 Å². The van der Waals surface area contributed by atoms with Crippen LogP contribution in [0.1, 0.15) is 5.69 Å². The first-order valence-corrected chi connectivity index (χ1v) is 6.87. The van der Waals surface area contributed by atoms with Crippen molar-refractivity contribution >= 4 is 38.9 Å². The maximum absolute atomic E-state index is 6.11. The van der Waals surface area contributed by atoms with Crippen molar-refractivity contribution in [3.05, 3.63) is 58.2 Å². The summed E-state index contributed by atoms with van der Waals surface area (Å²) in [4.78, 5) is 8.45. The number of rotatable bonds is 3. The molecule has 0 saturated heterocycles. The van der Waals surface area contributed by atoms with Crippen molar-refractivity contribution < 1.29 is 0 Å². The van der Waals surface area contributed by atoms with Crippen LogP contribution in [0.5, 0.6) is 0 Å². The molecule has 0 spiro atoms. The molecule has 0 aliphatic carbocycles. The second-order valence-electron chi connectivity index (χ2n) is 4.02. The molecule has 3 aromatic rings. The highest BCUT2D eigenvalue weighted by Gasteiger charge is 2.05. The molecule has 0 bridgehead atoms. The summed E-state index contributed by atoms with van der Waals surface area (Å²) < 4.78 is 2.76. The second kappa shape index (κ2) is 5.19. The van der Waals surface area contributed by atoms with Gasteiger partial charge in [-0.25, -0.2) is 9.97 Å². The van der Waals surface area contributed by atoms with Crippen molar-refractivity contribution in [3.63, 3.8) is 0 Å². The van der Waals surface area contributed by atoms with Gasteiger partial charge in [0.25, 0.3) is 0 Å². The monoisotopic (exact) mass is 336 g/mol. The van der Waals surface area contributed by atoms with Gasteiger partial charge in [-0.05, 0) is 28.1 Å². The lowest BCUT2D eigenvalue weighted by atomic mass is 10.3. The Morgan fingerprint density at radius 1 is 1.21 bits per heavy atom. The van der Waals surface area contributed by atoms with Gasteiger partial charge in [-0.15, -0.1) is 0 Å². The molecule has 19 heavy (non-hydrogen) atoms. The van der Waals surface area contributed by atoms with Gasteiger partial charge in [0.2, 0.25) is 0 Å². The van der Waals surface area contributed by atoms with Crippen LogP contribution in [0.2, 0.25) is 5.02 Å². The number of nitrogens with zero attached hydrogens (tertiary/aromatic N) is 3. The third-order valence-electron chi connectivity index (χ3n) is 2.77. The number of fused-ring (bicyclic) bond motifs is 1. The van der Waals surface area contributed by atoms with Gasteiger partial charge in [-0.1, -0.05) is 23.7 Å². The molecule has 2 aromatic heterocycles. The van der Waals surface area contributed by atoms with E-state index in [0.717, 1.165) is 21.6 Å². The molecular formula is C13H10BrClN4. The summed E-state index contributed by atoms with van der Waals surface area (Å²) in [6.45, 7) is 0.640. The minimum absolute atomic E-state index is 0.640. The largest absolute Gasteiger partial charge is 0.378 e. The molecule has 0 atom stereocenters. The van der Waals surface area contributed by atoms with E-state index in [9.17, 15) is 0 Å². The zero-order valence-electron chi connectivity index (χ0n) is 9.85. The van der Waals surface area contributed by atoms with Crippen LogP contribution < -0.4 is 5.32 Å². The quantitative estimate of drug-likeness (QED) is 0.791. The lowest BCUT2D eigenvalue weighted by molar-refractivity contribution is 0.983. The summed E-state index contributed by atoms with van der Waals surface area (Å²) in [5, 5.41) is 4.01. The maximum atomic E-state index is 6.11. The van der Waals surface area contributed by atoms with Gasteiger partial charge in [0, 0.05) is 6.20 Å².